The number of rotatable bonds is 9. The normalized spacial score (nSPS) is 11.2. The van der Waals surface area contributed by atoms with Gasteiger partial charge in [0.2, 0.25) is 0 Å². The van der Waals surface area contributed by atoms with E-state index in [1.807, 2.05) is 30.3 Å². The first kappa shape index (κ1) is 24.1. The first-order valence-electron chi connectivity index (χ1n) is 11.4. The van der Waals surface area contributed by atoms with E-state index in [9.17, 15) is 9.90 Å². The number of pyridine rings is 1. The lowest BCUT2D eigenvalue weighted by Crippen LogP contribution is -2.28. The number of methoxy groups -OCH3 is 1. The summed E-state index contributed by atoms with van der Waals surface area (Å²) in [6, 6.07) is 26.8. The molecule has 180 valence electrons. The lowest BCUT2D eigenvalue weighted by atomic mass is 10.0. The van der Waals surface area contributed by atoms with Crippen molar-refractivity contribution in [1.29, 1.82) is 0 Å². The van der Waals surface area contributed by atoms with E-state index >= 15 is 0 Å². The van der Waals surface area contributed by atoms with E-state index in [-0.39, 0.29) is 12.2 Å². The molecule has 6 nitrogen and oxygen atoms in total. The third-order valence-electron chi connectivity index (χ3n) is 5.36. The van der Waals surface area contributed by atoms with Gasteiger partial charge in [-0.1, -0.05) is 54.6 Å². The monoisotopic (exact) mass is 471 g/mol. The van der Waals surface area contributed by atoms with E-state index in [2.05, 4.69) is 24.3 Å². The Labute approximate surface area is 205 Å². The maximum atomic E-state index is 12.8. The van der Waals surface area contributed by atoms with Crippen molar-refractivity contribution in [2.24, 2.45) is 0 Å². The first-order chi connectivity index (χ1) is 16.8. The minimum absolute atomic E-state index is 0.115. The Bertz CT molecular complexity index is 1320. The fraction of sp³-hybridized carbons (Fsp3) is 0.207. The molecule has 1 heterocycles. The summed E-state index contributed by atoms with van der Waals surface area (Å²) in [5.41, 5.74) is 2.75. The zero-order valence-corrected chi connectivity index (χ0v) is 20.1. The zero-order valence-electron chi connectivity index (χ0n) is 20.1. The molecule has 4 aromatic rings. The predicted molar refractivity (Wildman–Crippen MR) is 137 cm³/mol. The average Bonchev–Trinajstić information content (AvgIpc) is 2.86. The van der Waals surface area contributed by atoms with Crippen molar-refractivity contribution in [3.05, 3.63) is 107 Å². The highest BCUT2D eigenvalue weighted by Crippen LogP contribution is 2.30. The van der Waals surface area contributed by atoms with Gasteiger partial charge in [-0.05, 0) is 48.7 Å². The van der Waals surface area contributed by atoms with Crippen LogP contribution in [0.4, 0.5) is 0 Å². The Hall–Kier alpha value is -4.03. The standard InChI is InChI=1S/C29H29NO5/c1-29(2,32)20-35-26-14-13-24(17-27(26)33-3)30-16-15-25(18-28(30)31)34-19-21-9-11-23(12-10-21)22-7-5-4-6-8-22/h4-18,32H,19-20H2,1-3H3. The van der Waals surface area contributed by atoms with Crippen molar-refractivity contribution >= 4 is 0 Å². The molecule has 0 saturated heterocycles. The van der Waals surface area contributed by atoms with Gasteiger partial charge in [-0.25, -0.2) is 0 Å². The minimum Gasteiger partial charge on any atom is -0.493 e. The molecular weight excluding hydrogens is 442 g/mol. The third kappa shape index (κ3) is 6.31. The fourth-order valence-electron chi connectivity index (χ4n) is 3.53. The summed E-state index contributed by atoms with van der Waals surface area (Å²) >= 11 is 0. The van der Waals surface area contributed by atoms with Crippen molar-refractivity contribution in [2.45, 2.75) is 26.1 Å². The van der Waals surface area contributed by atoms with E-state index in [0.717, 1.165) is 16.7 Å². The quantitative estimate of drug-likeness (QED) is 0.361. The Morgan fingerprint density at radius 1 is 0.829 bits per heavy atom. The second-order valence-corrected chi connectivity index (χ2v) is 8.86. The molecule has 0 aliphatic carbocycles. The van der Waals surface area contributed by atoms with E-state index < -0.39 is 5.60 Å². The van der Waals surface area contributed by atoms with Crippen LogP contribution in [0, 0.1) is 0 Å². The van der Waals surface area contributed by atoms with E-state index in [0.29, 0.717) is 29.5 Å². The Morgan fingerprint density at radius 3 is 2.20 bits per heavy atom. The summed E-state index contributed by atoms with van der Waals surface area (Å²) < 4.78 is 18.4. The number of ether oxygens (including phenoxy) is 3. The molecule has 1 N–H and O–H groups in total. The summed E-state index contributed by atoms with van der Waals surface area (Å²) in [5, 5.41) is 9.89. The summed E-state index contributed by atoms with van der Waals surface area (Å²) in [7, 11) is 1.53. The molecule has 3 aromatic carbocycles. The molecule has 0 unspecified atom stereocenters. The molecule has 0 radical (unpaired) electrons. The van der Waals surface area contributed by atoms with Crippen molar-refractivity contribution < 1.29 is 19.3 Å². The molecule has 0 bridgehead atoms. The maximum Gasteiger partial charge on any atom is 0.258 e. The topological polar surface area (TPSA) is 69.9 Å². The molecule has 0 fully saturated rings. The summed E-state index contributed by atoms with van der Waals surface area (Å²) in [4.78, 5) is 12.8. The molecular formula is C29H29NO5. The van der Waals surface area contributed by atoms with Gasteiger partial charge in [0.15, 0.2) is 11.5 Å². The van der Waals surface area contributed by atoms with E-state index in [4.69, 9.17) is 14.2 Å². The van der Waals surface area contributed by atoms with Crippen molar-refractivity contribution in [1.82, 2.24) is 4.57 Å². The van der Waals surface area contributed by atoms with E-state index in [1.54, 1.807) is 44.3 Å². The lowest BCUT2D eigenvalue weighted by molar-refractivity contribution is 0.0276. The SMILES string of the molecule is COc1cc(-n2ccc(OCc3ccc(-c4ccccc4)cc3)cc2=O)ccc1OCC(C)(C)O. The maximum absolute atomic E-state index is 12.8. The predicted octanol–water partition coefficient (Wildman–Crippen LogP) is 5.24. The van der Waals surface area contributed by atoms with Gasteiger partial charge in [-0.2, -0.15) is 0 Å². The van der Waals surface area contributed by atoms with Gasteiger partial charge < -0.3 is 19.3 Å². The van der Waals surface area contributed by atoms with Gasteiger partial charge in [0, 0.05) is 18.3 Å². The minimum atomic E-state index is -0.972. The highest BCUT2D eigenvalue weighted by molar-refractivity contribution is 5.63. The summed E-state index contributed by atoms with van der Waals surface area (Å²) in [5.74, 6) is 1.46. The van der Waals surface area contributed by atoms with E-state index in [1.165, 1.54) is 17.7 Å². The Morgan fingerprint density at radius 2 is 1.54 bits per heavy atom. The van der Waals surface area contributed by atoms with Crippen molar-refractivity contribution in [3.63, 3.8) is 0 Å². The van der Waals surface area contributed by atoms with Gasteiger partial charge in [0.05, 0.1) is 18.4 Å². The smallest absolute Gasteiger partial charge is 0.258 e. The number of benzene rings is 3. The van der Waals surface area contributed by atoms with Gasteiger partial charge in [0.25, 0.3) is 5.56 Å². The average molecular weight is 472 g/mol. The number of aromatic nitrogens is 1. The fourth-order valence-corrected chi connectivity index (χ4v) is 3.53. The van der Waals surface area contributed by atoms with Crippen LogP contribution in [-0.4, -0.2) is 29.0 Å². The largest absolute Gasteiger partial charge is 0.493 e. The molecule has 0 aliphatic heterocycles. The lowest BCUT2D eigenvalue weighted by Gasteiger charge is -2.19. The molecule has 0 amide bonds. The van der Waals surface area contributed by atoms with Crippen LogP contribution in [0.25, 0.3) is 16.8 Å². The van der Waals surface area contributed by atoms with Crippen LogP contribution in [-0.2, 0) is 6.61 Å². The van der Waals surface area contributed by atoms with Crippen molar-refractivity contribution in [2.75, 3.05) is 13.7 Å². The molecule has 0 aliphatic rings. The number of hydrogen-bond donors (Lipinski definition) is 1. The molecule has 1 aromatic heterocycles. The number of hydrogen-bond acceptors (Lipinski definition) is 5. The van der Waals surface area contributed by atoms with Crippen LogP contribution in [0.2, 0.25) is 0 Å². The molecule has 4 rings (SSSR count). The van der Waals surface area contributed by atoms with Crippen LogP contribution in [0.5, 0.6) is 17.2 Å². The van der Waals surface area contributed by atoms with Gasteiger partial charge in [0.1, 0.15) is 19.0 Å². The van der Waals surface area contributed by atoms with Gasteiger partial charge in [-0.15, -0.1) is 0 Å². The van der Waals surface area contributed by atoms with Crippen LogP contribution in [0.15, 0.2) is 95.9 Å². The highest BCUT2D eigenvalue weighted by atomic mass is 16.5. The summed E-state index contributed by atoms with van der Waals surface area (Å²) in [6.45, 7) is 3.80. The second kappa shape index (κ2) is 10.5. The zero-order chi connectivity index (χ0) is 24.8. The Balaban J connectivity index is 1.43. The van der Waals surface area contributed by atoms with Crippen molar-refractivity contribution in [3.8, 4) is 34.1 Å². The highest BCUT2D eigenvalue weighted by Gasteiger charge is 2.16. The number of nitrogens with zero attached hydrogens (tertiary/aromatic N) is 1. The molecule has 0 spiro atoms. The number of aliphatic hydroxyl groups is 1. The van der Waals surface area contributed by atoms with Gasteiger partial charge >= 0.3 is 0 Å². The summed E-state index contributed by atoms with van der Waals surface area (Å²) in [6.07, 6.45) is 1.67. The molecule has 0 atom stereocenters. The molecule has 35 heavy (non-hydrogen) atoms. The van der Waals surface area contributed by atoms with Crippen LogP contribution in [0.3, 0.4) is 0 Å². The van der Waals surface area contributed by atoms with Crippen LogP contribution < -0.4 is 19.8 Å². The third-order valence-corrected chi connectivity index (χ3v) is 5.36. The van der Waals surface area contributed by atoms with Gasteiger partial charge in [-0.3, -0.25) is 9.36 Å². The second-order valence-electron chi connectivity index (χ2n) is 8.86. The Kier molecular flexibility index (Phi) is 7.22. The first-order valence-corrected chi connectivity index (χ1v) is 11.4. The van der Waals surface area contributed by atoms with Crippen LogP contribution in [0.1, 0.15) is 19.4 Å². The van der Waals surface area contributed by atoms with Crippen LogP contribution >= 0.6 is 0 Å². The molecule has 6 heteroatoms. The molecule has 0 saturated carbocycles.